The molecule has 0 heterocycles. The first-order chi connectivity index (χ1) is 24.2. The van der Waals surface area contributed by atoms with Gasteiger partial charge in [0.25, 0.3) is 0 Å². The number of methoxy groups -OCH3 is 1. The summed E-state index contributed by atoms with van der Waals surface area (Å²) in [5, 5.41) is 16.3. The number of aliphatic hydroxyl groups excluding tert-OH is 1. The second kappa shape index (κ2) is 72.1. The number of alkyl halides is 10. The Morgan fingerprint density at radius 3 is 0.818 bits per heavy atom. The Hall–Kier alpha value is 0.420. The lowest BCUT2D eigenvalue weighted by Crippen LogP contribution is -2.15. The standard InChI is InChI=1S/C4H7F3.C4H8F2.C4H9F.C4H7N.C4H10O.C4H10.C3H7Br.C3H7Cl.C3H7F.C3H7I.C3H8O.C3H8/c1-3(2)4(5,6)7;1-3(2)4(5)6;2*1-4(2)3-5;1-4(2)5-3;1-4(2)3;5*1-3(2)4;1-3-2/h3H,1-2H3;3-4H,1-2H3;4H,3H2,1-2H3;4H,1-2H3;4H,1-3H3;4H,1-3H3;4*3H,1-2H3;3-4H,1-2H3;3H2,1-2H3. The summed E-state index contributed by atoms with van der Waals surface area (Å²) in [6, 6.07) is 2.03. The molecule has 55 heavy (non-hydrogen) atoms. The number of nitriles is 1. The van der Waals surface area contributed by atoms with E-state index in [1.165, 1.54) is 34.1 Å². The predicted molar refractivity (Wildman–Crippen MR) is 249 cm³/mol. The molecule has 0 fully saturated rings. The van der Waals surface area contributed by atoms with Gasteiger partial charge in [0.2, 0.25) is 6.43 Å². The van der Waals surface area contributed by atoms with Crippen molar-refractivity contribution < 1.29 is 40.6 Å². The normalized spacial score (nSPS) is 9.53. The van der Waals surface area contributed by atoms with E-state index in [1.807, 2.05) is 61.5 Å². The fourth-order valence-electron chi connectivity index (χ4n) is 0. The van der Waals surface area contributed by atoms with Crippen molar-refractivity contribution in [1.82, 2.24) is 0 Å². The molecule has 0 radical (unpaired) electrons. The van der Waals surface area contributed by atoms with Gasteiger partial charge in [0, 0.05) is 45.1 Å². The Bertz CT molecular complexity index is 528. The van der Waals surface area contributed by atoms with Gasteiger partial charge in [-0.1, -0.05) is 149 Å². The largest absolute Gasteiger partial charge is 0.394 e. The highest BCUT2D eigenvalue weighted by Crippen LogP contribution is 2.24. The summed E-state index contributed by atoms with van der Waals surface area (Å²) in [5.41, 5.74) is 0. The molecule has 0 aliphatic carbocycles. The Morgan fingerprint density at radius 2 is 0.818 bits per heavy atom. The van der Waals surface area contributed by atoms with E-state index in [4.69, 9.17) is 26.7 Å². The third kappa shape index (κ3) is 555. The molecule has 0 aliphatic heterocycles. The molecule has 0 aromatic carbocycles. The van der Waals surface area contributed by atoms with Crippen molar-refractivity contribution in [3.05, 3.63) is 0 Å². The van der Waals surface area contributed by atoms with Crippen LogP contribution in [0.5, 0.6) is 0 Å². The summed E-state index contributed by atoms with van der Waals surface area (Å²) in [6.45, 7) is 46.0. The number of ether oxygens (including phenoxy) is 1. The lowest BCUT2D eigenvalue weighted by atomic mass is 10.2. The van der Waals surface area contributed by atoms with E-state index in [9.17, 15) is 30.7 Å². The molecule has 13 heteroatoms. The first-order valence-electron chi connectivity index (χ1n) is 19.3. The lowest BCUT2D eigenvalue weighted by molar-refractivity contribution is -0.164. The van der Waals surface area contributed by atoms with Gasteiger partial charge in [0.05, 0.1) is 25.0 Å². The Labute approximate surface area is 368 Å². The molecule has 3 nitrogen and oxygen atoms in total. The highest BCUT2D eigenvalue weighted by atomic mass is 127. The second-order valence-electron chi connectivity index (χ2n) is 15.0. The summed E-state index contributed by atoms with van der Waals surface area (Å²) in [7, 11) is 1.70. The fraction of sp³-hybridized carbons (Fsp3) is 0.976. The highest BCUT2D eigenvalue weighted by Gasteiger charge is 2.31. The Kier molecular flexibility index (Phi) is 114. The van der Waals surface area contributed by atoms with Gasteiger partial charge in [-0.2, -0.15) is 18.4 Å². The van der Waals surface area contributed by atoms with Crippen molar-refractivity contribution in [2.24, 2.45) is 29.6 Å². The molecule has 0 unspecified atom stereocenters. The summed E-state index contributed by atoms with van der Waals surface area (Å²) in [5.74, 6) is -0.442. The minimum absolute atomic E-state index is 0.167. The third-order valence-electron chi connectivity index (χ3n) is 2.20. The number of hydrogen-bond donors (Lipinski definition) is 1. The summed E-state index contributed by atoms with van der Waals surface area (Å²) in [4.78, 5) is 0.646. The van der Waals surface area contributed by atoms with Crippen LogP contribution in [0.3, 0.4) is 0 Å². The molecule has 350 valence electrons. The Balaban J connectivity index is -0.0000000369. The van der Waals surface area contributed by atoms with Crippen molar-refractivity contribution in [3.63, 3.8) is 0 Å². The van der Waals surface area contributed by atoms with Gasteiger partial charge >= 0.3 is 6.18 Å². The van der Waals surface area contributed by atoms with E-state index in [-0.39, 0.29) is 24.6 Å². The smallest absolute Gasteiger partial charge is 0.391 e. The zero-order valence-electron chi connectivity index (χ0n) is 40.4. The molecular weight excluding hydrogens is 926 g/mol. The molecule has 0 spiro atoms. The van der Waals surface area contributed by atoms with E-state index in [0.717, 1.165) is 23.7 Å². The summed E-state index contributed by atoms with van der Waals surface area (Å²) >= 11 is 10.9. The van der Waals surface area contributed by atoms with Gasteiger partial charge in [-0.05, 0) is 81.1 Å². The maximum atomic E-state index is 11.2. The zero-order chi connectivity index (χ0) is 48.3. The van der Waals surface area contributed by atoms with Crippen LogP contribution < -0.4 is 0 Å². The number of rotatable bonds is 3. The first-order valence-corrected chi connectivity index (χ1v) is 21.9. The van der Waals surface area contributed by atoms with Gasteiger partial charge in [-0.15, -0.1) is 11.6 Å². The van der Waals surface area contributed by atoms with Crippen molar-refractivity contribution in [2.75, 3.05) is 13.8 Å². The van der Waals surface area contributed by atoms with Crippen LogP contribution in [0.15, 0.2) is 0 Å². The summed E-state index contributed by atoms with van der Waals surface area (Å²) < 4.78 is 83.5. The van der Waals surface area contributed by atoms with Crippen LogP contribution in [0, 0.1) is 40.9 Å². The van der Waals surface area contributed by atoms with Crippen molar-refractivity contribution >= 4 is 50.1 Å². The zero-order valence-corrected chi connectivity index (χ0v) is 44.9. The van der Waals surface area contributed by atoms with Crippen LogP contribution in [-0.4, -0.2) is 64.0 Å². The molecule has 0 amide bonds. The van der Waals surface area contributed by atoms with E-state index in [0.29, 0.717) is 16.3 Å². The first kappa shape index (κ1) is 87.1. The van der Waals surface area contributed by atoms with Gasteiger partial charge in [-0.25, -0.2) is 13.2 Å². The van der Waals surface area contributed by atoms with E-state index in [2.05, 4.69) is 101 Å². The van der Waals surface area contributed by atoms with E-state index < -0.39 is 30.6 Å². The van der Waals surface area contributed by atoms with Crippen LogP contribution in [0.4, 0.5) is 30.7 Å². The molecule has 0 rings (SSSR count). The maximum Gasteiger partial charge on any atom is 0.391 e. The predicted octanol–water partition coefficient (Wildman–Crippen LogP) is 18.0. The minimum Gasteiger partial charge on any atom is -0.394 e. The topological polar surface area (TPSA) is 53.2 Å². The molecule has 0 bridgehead atoms. The van der Waals surface area contributed by atoms with Crippen molar-refractivity contribution in [2.45, 2.75) is 225 Å². The average molecular weight is 1020 g/mol. The van der Waals surface area contributed by atoms with Gasteiger partial charge in [-0.3, -0.25) is 4.39 Å². The highest BCUT2D eigenvalue weighted by molar-refractivity contribution is 14.1. The lowest BCUT2D eigenvalue weighted by Gasteiger charge is -2.07. The molecular formula is C42H95BrClF7INO2. The molecule has 0 aromatic rings. The van der Waals surface area contributed by atoms with Gasteiger partial charge in [0.1, 0.15) is 0 Å². The van der Waals surface area contributed by atoms with Crippen molar-refractivity contribution in [3.8, 4) is 6.07 Å². The number of aliphatic hydroxyl groups is 1. The molecule has 1 N–H and O–H groups in total. The minimum atomic E-state index is -4.00. The second-order valence-corrected chi connectivity index (χ2v) is 20.2. The van der Waals surface area contributed by atoms with Crippen LogP contribution in [-0.2, 0) is 4.74 Å². The maximum absolute atomic E-state index is 11.2. The van der Waals surface area contributed by atoms with Crippen LogP contribution in [0.25, 0.3) is 0 Å². The van der Waals surface area contributed by atoms with E-state index >= 15 is 0 Å². The fourth-order valence-corrected chi connectivity index (χ4v) is 0. The average Bonchev–Trinajstić information content (AvgIpc) is 2.92. The SMILES string of the molecule is CC(C)Br.CC(C)C.CC(C)C#N.CC(C)C(F)(F)F.CC(C)C(F)F.CC(C)CF.CC(C)Cl.CC(C)F.CC(C)I.CC(C)O.CCC.COC(C)C. The quantitative estimate of drug-likeness (QED) is 0.174. The van der Waals surface area contributed by atoms with Gasteiger partial charge < -0.3 is 9.84 Å². The van der Waals surface area contributed by atoms with Crippen LogP contribution >= 0.6 is 50.1 Å². The van der Waals surface area contributed by atoms with Crippen LogP contribution in [0.2, 0.25) is 0 Å². The molecule has 0 saturated carbocycles. The monoisotopic (exact) mass is 1020 g/mol. The molecule has 0 aliphatic rings. The number of hydrogen-bond acceptors (Lipinski definition) is 3. The van der Waals surface area contributed by atoms with Crippen LogP contribution in [0.1, 0.15) is 180 Å². The molecule has 0 aromatic heterocycles. The molecule has 0 atom stereocenters. The Morgan fingerprint density at radius 1 is 0.727 bits per heavy atom. The number of halogens is 10. The summed E-state index contributed by atoms with van der Waals surface area (Å²) in [6.07, 6.45) is -5.35. The molecule has 0 saturated heterocycles. The third-order valence-corrected chi connectivity index (χ3v) is 2.20. The van der Waals surface area contributed by atoms with Crippen molar-refractivity contribution in [1.29, 1.82) is 5.26 Å². The van der Waals surface area contributed by atoms with Gasteiger partial charge in [0.15, 0.2) is 0 Å². The number of nitrogens with zero attached hydrogens (tertiary/aromatic N) is 1. The van der Waals surface area contributed by atoms with E-state index in [1.54, 1.807) is 21.0 Å².